The van der Waals surface area contributed by atoms with Gasteiger partial charge in [-0.25, -0.2) is 9.78 Å². The molecule has 0 radical (unpaired) electrons. The van der Waals surface area contributed by atoms with Gasteiger partial charge in [0.15, 0.2) is 5.69 Å². The van der Waals surface area contributed by atoms with Gasteiger partial charge in [0, 0.05) is 36.9 Å². The monoisotopic (exact) mass is 418 g/mol. The number of aromatic nitrogens is 5. The van der Waals surface area contributed by atoms with Crippen molar-refractivity contribution in [2.75, 3.05) is 12.4 Å². The number of esters is 1. The number of hydrogen-bond donors (Lipinski definition) is 1. The van der Waals surface area contributed by atoms with E-state index >= 15 is 0 Å². The summed E-state index contributed by atoms with van der Waals surface area (Å²) in [6.45, 7) is 4.33. The van der Waals surface area contributed by atoms with Gasteiger partial charge in [-0.3, -0.25) is 14.2 Å². The number of nitrogens with zero attached hydrogens (tertiary/aromatic N) is 5. The zero-order valence-electron chi connectivity index (χ0n) is 17.7. The molecule has 1 aromatic carbocycles. The van der Waals surface area contributed by atoms with Crippen molar-refractivity contribution in [1.29, 1.82) is 0 Å². The van der Waals surface area contributed by atoms with E-state index in [1.807, 2.05) is 51.4 Å². The van der Waals surface area contributed by atoms with Gasteiger partial charge in [0.05, 0.1) is 35.3 Å². The highest BCUT2D eigenvalue weighted by atomic mass is 16.5. The number of carbonyl (C=O) groups excluding carboxylic acids is 2. The number of fused-ring (bicyclic) bond motifs is 1. The normalized spacial score (nSPS) is 11.0. The maximum absolute atomic E-state index is 13.3. The first-order chi connectivity index (χ1) is 14.9. The molecule has 4 rings (SSSR count). The highest BCUT2D eigenvalue weighted by Crippen LogP contribution is 2.27. The van der Waals surface area contributed by atoms with E-state index in [1.165, 1.54) is 7.11 Å². The van der Waals surface area contributed by atoms with Crippen LogP contribution in [0.25, 0.3) is 22.2 Å². The molecule has 0 saturated carbocycles. The molecule has 0 spiro atoms. The fraction of sp³-hybridized carbons (Fsp3) is 0.227. The largest absolute Gasteiger partial charge is 0.464 e. The second-order valence-electron chi connectivity index (χ2n) is 7.07. The molecule has 0 saturated heterocycles. The maximum atomic E-state index is 13.3. The van der Waals surface area contributed by atoms with Crippen LogP contribution in [0.3, 0.4) is 0 Å². The summed E-state index contributed by atoms with van der Waals surface area (Å²) in [6, 6.07) is 9.16. The van der Waals surface area contributed by atoms with Crippen LogP contribution in [0.1, 0.15) is 33.5 Å². The lowest BCUT2D eigenvalue weighted by molar-refractivity contribution is 0.0594. The predicted molar refractivity (Wildman–Crippen MR) is 116 cm³/mol. The van der Waals surface area contributed by atoms with Gasteiger partial charge in [0.2, 0.25) is 0 Å². The predicted octanol–water partition coefficient (Wildman–Crippen LogP) is 3.20. The Morgan fingerprint density at radius 3 is 2.61 bits per heavy atom. The van der Waals surface area contributed by atoms with Gasteiger partial charge in [-0.1, -0.05) is 18.2 Å². The first kappa shape index (κ1) is 20.3. The van der Waals surface area contributed by atoms with Crippen molar-refractivity contribution in [1.82, 2.24) is 24.5 Å². The van der Waals surface area contributed by atoms with Gasteiger partial charge in [-0.15, -0.1) is 0 Å². The lowest BCUT2D eigenvalue weighted by Crippen LogP contribution is -2.15. The Morgan fingerprint density at radius 1 is 1.16 bits per heavy atom. The number of amides is 1. The Bertz CT molecular complexity index is 1300. The van der Waals surface area contributed by atoms with Crippen LogP contribution in [0.15, 0.2) is 42.7 Å². The summed E-state index contributed by atoms with van der Waals surface area (Å²) in [5.74, 6) is -0.990. The molecular formula is C22H22N6O3. The summed E-state index contributed by atoms with van der Waals surface area (Å²) in [5, 5.41) is 12.1. The summed E-state index contributed by atoms with van der Waals surface area (Å²) in [4.78, 5) is 30.1. The van der Waals surface area contributed by atoms with Gasteiger partial charge in [0.1, 0.15) is 0 Å². The van der Waals surface area contributed by atoms with E-state index in [0.717, 1.165) is 11.3 Å². The smallest absolute Gasteiger partial charge is 0.360 e. The molecule has 0 atom stereocenters. The van der Waals surface area contributed by atoms with Crippen LogP contribution >= 0.6 is 0 Å². The van der Waals surface area contributed by atoms with Gasteiger partial charge in [0.25, 0.3) is 5.91 Å². The minimum Gasteiger partial charge on any atom is -0.464 e. The molecule has 9 heteroatoms. The highest BCUT2D eigenvalue weighted by molar-refractivity contribution is 6.14. The molecule has 0 bridgehead atoms. The topological polar surface area (TPSA) is 104 Å². The fourth-order valence-corrected chi connectivity index (χ4v) is 3.46. The third kappa shape index (κ3) is 3.77. The SMILES string of the molecule is CCn1cc(NC(=O)c2cc(-c3cn(C)nc3C)nc3ccccc23)c(C(=O)OC)n1. The van der Waals surface area contributed by atoms with E-state index in [9.17, 15) is 9.59 Å². The molecule has 0 aliphatic heterocycles. The highest BCUT2D eigenvalue weighted by Gasteiger charge is 2.22. The van der Waals surface area contributed by atoms with Crippen molar-refractivity contribution in [3.63, 3.8) is 0 Å². The minimum atomic E-state index is -0.617. The second-order valence-corrected chi connectivity index (χ2v) is 7.07. The number of nitrogens with one attached hydrogen (secondary N) is 1. The van der Waals surface area contributed by atoms with Crippen LogP contribution in [0, 0.1) is 6.92 Å². The summed E-state index contributed by atoms with van der Waals surface area (Å²) >= 11 is 0. The molecule has 0 fully saturated rings. The molecule has 3 aromatic heterocycles. The summed E-state index contributed by atoms with van der Waals surface area (Å²) in [6.07, 6.45) is 3.48. The van der Waals surface area contributed by atoms with Crippen molar-refractivity contribution in [3.05, 3.63) is 59.7 Å². The van der Waals surface area contributed by atoms with Gasteiger partial charge in [-0.05, 0) is 26.0 Å². The fourth-order valence-electron chi connectivity index (χ4n) is 3.46. The molecule has 0 aliphatic rings. The zero-order chi connectivity index (χ0) is 22.1. The van der Waals surface area contributed by atoms with Crippen LogP contribution in [0.5, 0.6) is 0 Å². The minimum absolute atomic E-state index is 0.0550. The Kier molecular flexibility index (Phi) is 5.24. The van der Waals surface area contributed by atoms with Crippen molar-refractivity contribution in [3.8, 4) is 11.3 Å². The number of ether oxygens (including phenoxy) is 1. The summed E-state index contributed by atoms with van der Waals surface area (Å²) < 4.78 is 8.08. The number of methoxy groups -OCH3 is 1. The van der Waals surface area contributed by atoms with Crippen LogP contribution in [0.4, 0.5) is 5.69 Å². The number of hydrogen-bond acceptors (Lipinski definition) is 6. The van der Waals surface area contributed by atoms with E-state index in [-0.39, 0.29) is 11.6 Å². The number of rotatable bonds is 5. The molecule has 1 amide bonds. The van der Waals surface area contributed by atoms with E-state index in [1.54, 1.807) is 21.6 Å². The van der Waals surface area contributed by atoms with Crippen molar-refractivity contribution < 1.29 is 14.3 Å². The van der Waals surface area contributed by atoms with Gasteiger partial charge in [-0.2, -0.15) is 10.2 Å². The van der Waals surface area contributed by atoms with Gasteiger partial charge < -0.3 is 10.1 Å². The van der Waals surface area contributed by atoms with E-state index in [0.29, 0.717) is 34.4 Å². The Morgan fingerprint density at radius 2 is 1.94 bits per heavy atom. The van der Waals surface area contributed by atoms with Crippen LogP contribution in [-0.4, -0.2) is 43.5 Å². The number of benzene rings is 1. The number of carbonyl (C=O) groups is 2. The molecule has 0 aliphatic carbocycles. The Labute approximate surface area is 178 Å². The lowest BCUT2D eigenvalue weighted by atomic mass is 10.0. The number of anilines is 1. The molecule has 1 N–H and O–H groups in total. The summed E-state index contributed by atoms with van der Waals surface area (Å²) in [5.41, 5.74) is 3.77. The quantitative estimate of drug-likeness (QED) is 0.499. The van der Waals surface area contributed by atoms with E-state index in [4.69, 9.17) is 9.72 Å². The third-order valence-electron chi connectivity index (χ3n) is 4.96. The van der Waals surface area contributed by atoms with Crippen molar-refractivity contribution in [2.45, 2.75) is 20.4 Å². The van der Waals surface area contributed by atoms with Crippen LogP contribution in [0.2, 0.25) is 0 Å². The number of para-hydroxylation sites is 1. The standard InChI is InChI=1S/C22H22N6O3/c1-5-28-12-19(20(26-28)22(30)31-4)24-21(29)15-10-18(16-11-27(3)25-13(16)2)23-17-9-7-6-8-14(15)17/h6-12H,5H2,1-4H3,(H,24,29). The van der Waals surface area contributed by atoms with Crippen molar-refractivity contribution in [2.24, 2.45) is 7.05 Å². The second kappa shape index (κ2) is 8.02. The van der Waals surface area contributed by atoms with E-state index in [2.05, 4.69) is 15.5 Å². The van der Waals surface area contributed by atoms with Crippen LogP contribution < -0.4 is 5.32 Å². The third-order valence-corrected chi connectivity index (χ3v) is 4.96. The molecule has 158 valence electrons. The van der Waals surface area contributed by atoms with E-state index < -0.39 is 5.97 Å². The first-order valence-corrected chi connectivity index (χ1v) is 9.78. The number of pyridine rings is 1. The Hall–Kier alpha value is -4.01. The van der Waals surface area contributed by atoms with Gasteiger partial charge >= 0.3 is 5.97 Å². The molecule has 31 heavy (non-hydrogen) atoms. The zero-order valence-corrected chi connectivity index (χ0v) is 17.7. The molecule has 0 unspecified atom stereocenters. The average Bonchev–Trinajstić information content (AvgIpc) is 3.34. The van der Waals surface area contributed by atoms with Crippen LogP contribution in [-0.2, 0) is 18.3 Å². The molecule has 9 nitrogen and oxygen atoms in total. The molecule has 4 aromatic rings. The maximum Gasteiger partial charge on any atom is 0.360 e. The average molecular weight is 418 g/mol. The number of aryl methyl sites for hydroxylation is 3. The lowest BCUT2D eigenvalue weighted by Gasteiger charge is -2.10. The molecular weight excluding hydrogens is 396 g/mol. The molecule has 3 heterocycles. The summed E-state index contributed by atoms with van der Waals surface area (Å²) in [7, 11) is 3.11. The first-order valence-electron chi connectivity index (χ1n) is 9.78. The van der Waals surface area contributed by atoms with Crippen molar-refractivity contribution >= 4 is 28.5 Å². The Balaban J connectivity index is 1.81.